The van der Waals surface area contributed by atoms with Crippen LogP contribution in [0.25, 0.3) is 0 Å². The predicted molar refractivity (Wildman–Crippen MR) is 74.2 cm³/mol. The van der Waals surface area contributed by atoms with Gasteiger partial charge in [-0.25, -0.2) is 0 Å². The lowest BCUT2D eigenvalue weighted by atomic mass is 10.1. The van der Waals surface area contributed by atoms with Crippen molar-refractivity contribution in [3.8, 4) is 0 Å². The SMILES string of the molecule is CN(C)C(=O)c1ccc(N(CCO)CC(F)(F)F)c(N)c1. The molecule has 1 aromatic carbocycles. The second-order valence-corrected chi connectivity index (χ2v) is 4.73. The first-order chi connectivity index (χ1) is 9.65. The summed E-state index contributed by atoms with van der Waals surface area (Å²) < 4.78 is 37.6. The highest BCUT2D eigenvalue weighted by atomic mass is 19.4. The fourth-order valence-electron chi connectivity index (χ4n) is 1.86. The van der Waals surface area contributed by atoms with Gasteiger partial charge in [-0.15, -0.1) is 0 Å². The van der Waals surface area contributed by atoms with Crippen molar-refractivity contribution in [1.29, 1.82) is 0 Å². The van der Waals surface area contributed by atoms with Gasteiger partial charge >= 0.3 is 6.18 Å². The molecule has 1 amide bonds. The summed E-state index contributed by atoms with van der Waals surface area (Å²) in [5.74, 6) is -0.294. The first-order valence-corrected chi connectivity index (χ1v) is 6.19. The van der Waals surface area contributed by atoms with Crippen LogP contribution in [0.1, 0.15) is 10.4 Å². The van der Waals surface area contributed by atoms with Crippen LogP contribution in [-0.2, 0) is 0 Å². The average Bonchev–Trinajstić information content (AvgIpc) is 2.35. The monoisotopic (exact) mass is 305 g/mol. The molecule has 0 aliphatic heterocycles. The van der Waals surface area contributed by atoms with Crippen molar-refractivity contribution >= 4 is 17.3 Å². The van der Waals surface area contributed by atoms with Crippen molar-refractivity contribution in [1.82, 2.24) is 4.90 Å². The summed E-state index contributed by atoms with van der Waals surface area (Å²) in [6, 6.07) is 4.10. The van der Waals surface area contributed by atoms with Gasteiger partial charge in [-0.05, 0) is 18.2 Å². The second kappa shape index (κ2) is 6.66. The van der Waals surface area contributed by atoms with Crippen LogP contribution in [0.15, 0.2) is 18.2 Å². The van der Waals surface area contributed by atoms with Crippen molar-refractivity contribution in [3.05, 3.63) is 23.8 Å². The summed E-state index contributed by atoms with van der Waals surface area (Å²) in [5, 5.41) is 8.89. The van der Waals surface area contributed by atoms with Crippen molar-refractivity contribution in [2.45, 2.75) is 6.18 Å². The number of aliphatic hydroxyl groups is 1. The molecule has 0 saturated carbocycles. The summed E-state index contributed by atoms with van der Waals surface area (Å²) in [7, 11) is 3.13. The Morgan fingerprint density at radius 3 is 2.38 bits per heavy atom. The number of halogens is 3. The minimum absolute atomic E-state index is 0.0559. The van der Waals surface area contributed by atoms with E-state index in [1.54, 1.807) is 14.1 Å². The third-order valence-electron chi connectivity index (χ3n) is 2.76. The lowest BCUT2D eigenvalue weighted by Gasteiger charge is -2.26. The zero-order valence-corrected chi connectivity index (χ0v) is 11.8. The molecule has 0 saturated heterocycles. The highest BCUT2D eigenvalue weighted by Gasteiger charge is 2.31. The number of nitrogens with two attached hydrogens (primary N) is 1. The third-order valence-corrected chi connectivity index (χ3v) is 2.76. The van der Waals surface area contributed by atoms with Crippen LogP contribution < -0.4 is 10.6 Å². The summed E-state index contributed by atoms with van der Waals surface area (Å²) >= 11 is 0. The summed E-state index contributed by atoms with van der Waals surface area (Å²) in [6.45, 7) is -1.86. The quantitative estimate of drug-likeness (QED) is 0.805. The topological polar surface area (TPSA) is 69.8 Å². The van der Waals surface area contributed by atoms with Gasteiger partial charge in [-0.2, -0.15) is 13.2 Å². The van der Waals surface area contributed by atoms with Crippen LogP contribution in [0.4, 0.5) is 24.5 Å². The molecule has 0 spiro atoms. The van der Waals surface area contributed by atoms with Crippen LogP contribution in [-0.4, -0.2) is 55.9 Å². The van der Waals surface area contributed by atoms with E-state index in [0.29, 0.717) is 0 Å². The molecule has 118 valence electrons. The molecule has 0 aliphatic rings. The number of carbonyl (C=O) groups is 1. The Balaban J connectivity index is 3.08. The molecule has 5 nitrogen and oxygen atoms in total. The average molecular weight is 305 g/mol. The molecular weight excluding hydrogens is 287 g/mol. The fraction of sp³-hybridized carbons (Fsp3) is 0.462. The Kier molecular flexibility index (Phi) is 5.42. The minimum Gasteiger partial charge on any atom is -0.397 e. The number of nitrogen functional groups attached to an aromatic ring is 1. The number of anilines is 2. The van der Waals surface area contributed by atoms with Gasteiger partial charge in [0.1, 0.15) is 6.54 Å². The number of benzene rings is 1. The Morgan fingerprint density at radius 2 is 1.95 bits per heavy atom. The Labute approximate surface area is 120 Å². The van der Waals surface area contributed by atoms with Gasteiger partial charge in [0, 0.05) is 26.2 Å². The molecule has 0 aliphatic carbocycles. The van der Waals surface area contributed by atoms with Gasteiger partial charge in [-0.3, -0.25) is 4.79 Å². The molecular formula is C13H18F3N3O2. The van der Waals surface area contributed by atoms with E-state index in [4.69, 9.17) is 10.8 Å². The van der Waals surface area contributed by atoms with E-state index < -0.39 is 19.3 Å². The van der Waals surface area contributed by atoms with Crippen LogP contribution >= 0.6 is 0 Å². The molecule has 1 aromatic rings. The highest BCUT2D eigenvalue weighted by Crippen LogP contribution is 2.28. The van der Waals surface area contributed by atoms with Crippen molar-refractivity contribution in [2.75, 3.05) is 44.4 Å². The van der Waals surface area contributed by atoms with E-state index in [-0.39, 0.29) is 29.4 Å². The number of hydrogen-bond acceptors (Lipinski definition) is 4. The molecule has 0 atom stereocenters. The zero-order chi connectivity index (χ0) is 16.2. The lowest BCUT2D eigenvalue weighted by molar-refractivity contribution is -0.119. The lowest BCUT2D eigenvalue weighted by Crippen LogP contribution is -2.36. The van der Waals surface area contributed by atoms with Gasteiger partial charge in [0.2, 0.25) is 0 Å². The molecule has 0 unspecified atom stereocenters. The van der Waals surface area contributed by atoms with E-state index in [0.717, 1.165) is 4.90 Å². The predicted octanol–water partition coefficient (Wildman–Crippen LogP) is 1.33. The van der Waals surface area contributed by atoms with Gasteiger partial charge in [0.25, 0.3) is 5.91 Å². The van der Waals surface area contributed by atoms with Crippen LogP contribution in [0.5, 0.6) is 0 Å². The maximum Gasteiger partial charge on any atom is 0.405 e. The third kappa shape index (κ3) is 4.82. The maximum atomic E-state index is 12.5. The van der Waals surface area contributed by atoms with Crippen LogP contribution in [0, 0.1) is 0 Å². The Hall–Kier alpha value is -1.96. The van der Waals surface area contributed by atoms with E-state index in [9.17, 15) is 18.0 Å². The number of rotatable bonds is 5. The molecule has 0 bridgehead atoms. The smallest absolute Gasteiger partial charge is 0.397 e. The largest absolute Gasteiger partial charge is 0.405 e. The molecule has 8 heteroatoms. The van der Waals surface area contributed by atoms with Crippen molar-refractivity contribution < 1.29 is 23.1 Å². The Bertz CT molecular complexity index is 504. The molecule has 3 N–H and O–H groups in total. The minimum atomic E-state index is -4.42. The molecule has 1 rings (SSSR count). The zero-order valence-electron chi connectivity index (χ0n) is 11.8. The molecule has 0 radical (unpaired) electrons. The standard InChI is InChI=1S/C13H18F3N3O2/c1-18(2)12(21)9-3-4-11(10(17)7-9)19(5-6-20)8-13(14,15)16/h3-4,7,20H,5-6,8,17H2,1-2H3. The van der Waals surface area contributed by atoms with Gasteiger partial charge in [-0.1, -0.05) is 0 Å². The van der Waals surface area contributed by atoms with Crippen LogP contribution in [0.3, 0.4) is 0 Å². The molecule has 21 heavy (non-hydrogen) atoms. The highest BCUT2D eigenvalue weighted by molar-refractivity contribution is 5.95. The van der Waals surface area contributed by atoms with Crippen molar-refractivity contribution in [3.63, 3.8) is 0 Å². The molecule has 0 aromatic heterocycles. The fourth-order valence-corrected chi connectivity index (χ4v) is 1.86. The number of nitrogens with zero attached hydrogens (tertiary/aromatic N) is 2. The van der Waals surface area contributed by atoms with Gasteiger partial charge in [0.15, 0.2) is 0 Å². The summed E-state index contributed by atoms with van der Waals surface area (Å²) in [4.78, 5) is 14.0. The van der Waals surface area contributed by atoms with Crippen molar-refractivity contribution in [2.24, 2.45) is 0 Å². The van der Waals surface area contributed by atoms with E-state index in [2.05, 4.69) is 0 Å². The first-order valence-electron chi connectivity index (χ1n) is 6.19. The number of alkyl halides is 3. The van der Waals surface area contributed by atoms with Crippen LogP contribution in [0.2, 0.25) is 0 Å². The normalized spacial score (nSPS) is 11.3. The number of amides is 1. The number of aliphatic hydroxyl groups excluding tert-OH is 1. The Morgan fingerprint density at radius 1 is 1.33 bits per heavy atom. The summed E-state index contributed by atoms with van der Waals surface area (Å²) in [6.07, 6.45) is -4.42. The molecule has 0 heterocycles. The van der Waals surface area contributed by atoms with E-state index in [1.807, 2.05) is 0 Å². The summed E-state index contributed by atoms with van der Waals surface area (Å²) in [5.41, 5.74) is 6.23. The second-order valence-electron chi connectivity index (χ2n) is 4.73. The van der Waals surface area contributed by atoms with Gasteiger partial charge in [0.05, 0.1) is 18.0 Å². The molecule has 0 fully saturated rings. The van der Waals surface area contributed by atoms with E-state index in [1.165, 1.54) is 23.1 Å². The number of hydrogen-bond donors (Lipinski definition) is 2. The van der Waals surface area contributed by atoms with E-state index >= 15 is 0 Å². The number of carbonyl (C=O) groups excluding carboxylic acids is 1. The first kappa shape index (κ1) is 17.1. The maximum absolute atomic E-state index is 12.5. The van der Waals surface area contributed by atoms with Gasteiger partial charge < -0.3 is 20.6 Å².